The zero-order valence-electron chi connectivity index (χ0n) is 8.42. The summed E-state index contributed by atoms with van der Waals surface area (Å²) in [7, 11) is 0. The quantitative estimate of drug-likeness (QED) is 0.781. The maximum absolute atomic E-state index is 3.79. The van der Waals surface area contributed by atoms with Crippen LogP contribution in [-0.2, 0) is 6.42 Å². The lowest BCUT2D eigenvalue weighted by Gasteiger charge is -2.15. The molecule has 1 atom stereocenters. The first-order valence-corrected chi connectivity index (χ1v) is 6.51. The topological polar surface area (TPSA) is 12.0 Å². The number of rotatable bonds is 6. The Hall–Kier alpha value is -0.120. The molecule has 1 N–H and O–H groups in total. The summed E-state index contributed by atoms with van der Waals surface area (Å²) in [6, 6.07) is 2.63. The zero-order valence-corrected chi connectivity index (χ0v) is 10.8. The summed E-state index contributed by atoms with van der Waals surface area (Å²) in [5, 5.41) is 5.58. The molecule has 0 bridgehead atoms. The second kappa shape index (κ2) is 6.38. The number of nitrogens with one attached hydrogen (secondary N) is 1. The van der Waals surface area contributed by atoms with Gasteiger partial charge in [-0.05, 0) is 46.8 Å². The number of hydrogen-bond donors (Lipinski definition) is 1. The minimum absolute atomic E-state index is 0.521. The summed E-state index contributed by atoms with van der Waals surface area (Å²) in [6.45, 7) is 6.94. The van der Waals surface area contributed by atoms with Gasteiger partial charge in [0.15, 0.2) is 0 Å². The Morgan fingerprint density at radius 2 is 2.50 bits per heavy atom. The molecule has 3 heteroatoms. The predicted molar refractivity (Wildman–Crippen MR) is 68.0 cm³/mol. The fourth-order valence-corrected chi connectivity index (χ4v) is 3.02. The molecule has 0 radical (unpaired) electrons. The molecule has 0 saturated heterocycles. The van der Waals surface area contributed by atoms with Crippen LogP contribution in [0.4, 0.5) is 0 Å². The maximum atomic E-state index is 3.79. The fourth-order valence-electron chi connectivity index (χ4n) is 1.42. The highest BCUT2D eigenvalue weighted by molar-refractivity contribution is 9.10. The van der Waals surface area contributed by atoms with E-state index in [0.29, 0.717) is 6.04 Å². The molecule has 0 spiro atoms. The highest BCUT2D eigenvalue weighted by Crippen LogP contribution is 2.24. The third-order valence-electron chi connectivity index (χ3n) is 2.07. The van der Waals surface area contributed by atoms with Gasteiger partial charge in [0.05, 0.1) is 0 Å². The van der Waals surface area contributed by atoms with Crippen molar-refractivity contribution in [2.75, 3.05) is 6.54 Å². The van der Waals surface area contributed by atoms with Gasteiger partial charge in [-0.2, -0.15) is 0 Å². The molecule has 0 amide bonds. The molecule has 1 rings (SSSR count). The van der Waals surface area contributed by atoms with Crippen LogP contribution >= 0.6 is 27.3 Å². The monoisotopic (exact) mass is 273 g/mol. The second-order valence-corrected chi connectivity index (χ2v) is 5.03. The smallest absolute Gasteiger partial charge is 0.0314 e. The van der Waals surface area contributed by atoms with Crippen molar-refractivity contribution in [3.8, 4) is 0 Å². The van der Waals surface area contributed by atoms with Gasteiger partial charge >= 0.3 is 0 Å². The maximum Gasteiger partial charge on any atom is 0.0314 e. The van der Waals surface area contributed by atoms with E-state index in [0.717, 1.165) is 19.4 Å². The van der Waals surface area contributed by atoms with Crippen molar-refractivity contribution in [1.29, 1.82) is 0 Å². The van der Waals surface area contributed by atoms with Crippen molar-refractivity contribution in [2.45, 2.75) is 25.8 Å². The first-order valence-electron chi connectivity index (χ1n) is 4.84. The predicted octanol–water partition coefficient (Wildman–Crippen LogP) is 3.61. The molecule has 1 aromatic heterocycles. The molecule has 1 heterocycles. The Labute approximate surface area is 98.4 Å². The molecule has 78 valence electrons. The molecule has 1 unspecified atom stereocenters. The van der Waals surface area contributed by atoms with Crippen LogP contribution in [-0.4, -0.2) is 12.6 Å². The number of thiophene rings is 1. The van der Waals surface area contributed by atoms with Gasteiger partial charge < -0.3 is 5.32 Å². The van der Waals surface area contributed by atoms with E-state index < -0.39 is 0 Å². The van der Waals surface area contributed by atoms with Gasteiger partial charge in [0.1, 0.15) is 0 Å². The minimum Gasteiger partial charge on any atom is -0.314 e. The third-order valence-corrected chi connectivity index (χ3v) is 4.02. The van der Waals surface area contributed by atoms with E-state index in [1.54, 1.807) is 0 Å². The van der Waals surface area contributed by atoms with E-state index in [1.165, 1.54) is 9.35 Å². The molecule has 0 aromatic carbocycles. The first kappa shape index (κ1) is 12.0. The molecule has 1 aromatic rings. The Kier molecular flexibility index (Phi) is 5.45. The molecule has 1 nitrogen and oxygen atoms in total. The second-order valence-electron chi connectivity index (χ2n) is 3.17. The lowest BCUT2D eigenvalue weighted by atomic mass is 10.1. The van der Waals surface area contributed by atoms with Crippen molar-refractivity contribution >= 4 is 27.3 Å². The van der Waals surface area contributed by atoms with Crippen LogP contribution in [0.25, 0.3) is 0 Å². The van der Waals surface area contributed by atoms with Gasteiger partial charge in [-0.15, -0.1) is 17.9 Å². The van der Waals surface area contributed by atoms with Crippen LogP contribution < -0.4 is 5.32 Å². The summed E-state index contributed by atoms with van der Waals surface area (Å²) in [5.74, 6) is 0. The van der Waals surface area contributed by atoms with E-state index in [2.05, 4.69) is 46.2 Å². The Balaban J connectivity index is 2.54. The summed E-state index contributed by atoms with van der Waals surface area (Å²) in [5.41, 5.74) is 0. The van der Waals surface area contributed by atoms with Crippen LogP contribution in [0.3, 0.4) is 0 Å². The van der Waals surface area contributed by atoms with Gasteiger partial charge in [0, 0.05) is 15.4 Å². The molecule has 0 aliphatic heterocycles. The van der Waals surface area contributed by atoms with E-state index >= 15 is 0 Å². The van der Waals surface area contributed by atoms with Gasteiger partial charge in [0.2, 0.25) is 0 Å². The molecule has 14 heavy (non-hydrogen) atoms. The van der Waals surface area contributed by atoms with E-state index in [9.17, 15) is 0 Å². The fraction of sp³-hybridized carbons (Fsp3) is 0.455. The van der Waals surface area contributed by atoms with Gasteiger partial charge in [-0.25, -0.2) is 0 Å². The van der Waals surface area contributed by atoms with Crippen molar-refractivity contribution in [3.63, 3.8) is 0 Å². The van der Waals surface area contributed by atoms with Crippen molar-refractivity contribution in [2.24, 2.45) is 0 Å². The first-order chi connectivity index (χ1) is 6.77. The molecular formula is C11H16BrNS. The van der Waals surface area contributed by atoms with Gasteiger partial charge in [0.25, 0.3) is 0 Å². The Morgan fingerprint density at radius 3 is 3.00 bits per heavy atom. The number of halogens is 1. The summed E-state index contributed by atoms with van der Waals surface area (Å²) in [6.07, 6.45) is 4.09. The van der Waals surface area contributed by atoms with E-state index in [-0.39, 0.29) is 0 Å². The van der Waals surface area contributed by atoms with Crippen LogP contribution in [0.15, 0.2) is 28.6 Å². The van der Waals surface area contributed by atoms with Crippen LogP contribution in [0.1, 0.15) is 18.2 Å². The summed E-state index contributed by atoms with van der Waals surface area (Å²) in [4.78, 5) is 1.41. The lowest BCUT2D eigenvalue weighted by molar-refractivity contribution is 0.532. The average Bonchev–Trinajstić information content (AvgIpc) is 2.53. The van der Waals surface area contributed by atoms with E-state index in [4.69, 9.17) is 0 Å². The molecule has 0 fully saturated rings. The van der Waals surface area contributed by atoms with Crippen molar-refractivity contribution < 1.29 is 0 Å². The molecular weight excluding hydrogens is 258 g/mol. The summed E-state index contributed by atoms with van der Waals surface area (Å²) >= 11 is 5.36. The minimum atomic E-state index is 0.521. The standard InChI is InChI=1S/C11H16BrNS/c1-3-5-9(13-4-2)8-11-10(12)6-7-14-11/h3,6-7,9,13H,1,4-5,8H2,2H3. The van der Waals surface area contributed by atoms with Crippen LogP contribution in [0, 0.1) is 0 Å². The molecule has 0 saturated carbocycles. The Morgan fingerprint density at radius 1 is 1.71 bits per heavy atom. The highest BCUT2D eigenvalue weighted by Gasteiger charge is 2.09. The highest BCUT2D eigenvalue weighted by atomic mass is 79.9. The Bertz CT molecular complexity index is 283. The van der Waals surface area contributed by atoms with Gasteiger partial charge in [-0.1, -0.05) is 13.0 Å². The third kappa shape index (κ3) is 3.56. The lowest BCUT2D eigenvalue weighted by Crippen LogP contribution is -2.30. The molecule has 0 aliphatic carbocycles. The average molecular weight is 274 g/mol. The van der Waals surface area contributed by atoms with Crippen molar-refractivity contribution in [1.82, 2.24) is 5.32 Å². The van der Waals surface area contributed by atoms with Crippen LogP contribution in [0.2, 0.25) is 0 Å². The molecule has 0 aliphatic rings. The van der Waals surface area contributed by atoms with Crippen molar-refractivity contribution in [3.05, 3.63) is 33.5 Å². The SMILES string of the molecule is C=CCC(Cc1sccc1Br)NCC. The summed E-state index contributed by atoms with van der Waals surface area (Å²) < 4.78 is 1.23. The van der Waals surface area contributed by atoms with E-state index in [1.807, 2.05) is 17.4 Å². The normalized spacial score (nSPS) is 12.7. The zero-order chi connectivity index (χ0) is 10.4. The van der Waals surface area contributed by atoms with Crippen LogP contribution in [0.5, 0.6) is 0 Å². The number of hydrogen-bond acceptors (Lipinski definition) is 2. The van der Waals surface area contributed by atoms with Gasteiger partial charge in [-0.3, -0.25) is 0 Å². The largest absolute Gasteiger partial charge is 0.314 e. The number of likely N-dealkylation sites (N-methyl/N-ethyl adjacent to an activating group) is 1.